The lowest BCUT2D eigenvalue weighted by Crippen LogP contribution is -2.24. The van der Waals surface area contributed by atoms with Crippen molar-refractivity contribution in [2.75, 3.05) is 0 Å². The summed E-state index contributed by atoms with van der Waals surface area (Å²) < 4.78 is 0.853. The number of aryl methyl sites for hydroxylation is 1. The van der Waals surface area contributed by atoms with Crippen LogP contribution in [0.25, 0.3) is 0 Å². The van der Waals surface area contributed by atoms with Gasteiger partial charge in [-0.05, 0) is 30.0 Å². The molecule has 1 aromatic carbocycles. The Morgan fingerprint density at radius 2 is 1.90 bits per heavy atom. The molecule has 1 aromatic heterocycles. The molecule has 0 aliphatic heterocycles. The van der Waals surface area contributed by atoms with E-state index < -0.39 is 0 Å². The van der Waals surface area contributed by atoms with Gasteiger partial charge in [-0.2, -0.15) is 0 Å². The van der Waals surface area contributed by atoms with Crippen molar-refractivity contribution in [3.63, 3.8) is 0 Å². The molecule has 0 aliphatic carbocycles. The highest BCUT2D eigenvalue weighted by Crippen LogP contribution is 2.41. The van der Waals surface area contributed by atoms with E-state index in [2.05, 4.69) is 50.2 Å². The average molecular weight is 308 g/mol. The van der Waals surface area contributed by atoms with Crippen molar-refractivity contribution in [1.82, 2.24) is 0 Å². The van der Waals surface area contributed by atoms with Gasteiger partial charge in [-0.3, -0.25) is 0 Å². The topological polar surface area (TPSA) is 26.0 Å². The van der Waals surface area contributed by atoms with Crippen molar-refractivity contribution in [3.8, 4) is 0 Å². The number of benzene rings is 1. The Labute approximate surface area is 130 Å². The van der Waals surface area contributed by atoms with E-state index in [1.165, 1.54) is 10.4 Å². The van der Waals surface area contributed by atoms with E-state index in [0.29, 0.717) is 11.8 Å². The first-order valence-electron chi connectivity index (χ1n) is 7.11. The summed E-state index contributed by atoms with van der Waals surface area (Å²) in [5.74, 6) is 0.865. The van der Waals surface area contributed by atoms with Gasteiger partial charge in [0.15, 0.2) is 0 Å². The van der Waals surface area contributed by atoms with Crippen molar-refractivity contribution in [3.05, 3.63) is 56.7 Å². The highest BCUT2D eigenvalue weighted by molar-refractivity contribution is 7.16. The molecule has 1 nitrogen and oxygen atoms in total. The first-order chi connectivity index (χ1) is 9.54. The largest absolute Gasteiger partial charge is 0.323 e. The highest BCUT2D eigenvalue weighted by Gasteiger charge is 2.27. The van der Waals surface area contributed by atoms with Crippen LogP contribution in [0.2, 0.25) is 4.34 Å². The van der Waals surface area contributed by atoms with Crippen molar-refractivity contribution < 1.29 is 0 Å². The quantitative estimate of drug-likeness (QED) is 0.771. The van der Waals surface area contributed by atoms with E-state index in [1.807, 2.05) is 6.92 Å². The zero-order chi connectivity index (χ0) is 14.7. The van der Waals surface area contributed by atoms with E-state index in [1.54, 1.807) is 11.3 Å². The van der Waals surface area contributed by atoms with Crippen LogP contribution in [0.1, 0.15) is 48.2 Å². The average Bonchev–Trinajstić information content (AvgIpc) is 2.80. The molecule has 2 aromatic rings. The molecule has 3 heteroatoms. The number of hydrogen-bond donors (Lipinski definition) is 1. The first-order valence-corrected chi connectivity index (χ1v) is 8.30. The number of hydrogen-bond acceptors (Lipinski definition) is 2. The van der Waals surface area contributed by atoms with E-state index in [4.69, 9.17) is 17.3 Å². The molecule has 3 atom stereocenters. The molecule has 0 fully saturated rings. The molecule has 0 spiro atoms. The van der Waals surface area contributed by atoms with Gasteiger partial charge in [0.2, 0.25) is 0 Å². The summed E-state index contributed by atoms with van der Waals surface area (Å²) in [6, 6.07) is 12.7. The summed E-state index contributed by atoms with van der Waals surface area (Å²) in [5.41, 5.74) is 9.02. The van der Waals surface area contributed by atoms with Crippen molar-refractivity contribution in [1.29, 1.82) is 0 Å². The van der Waals surface area contributed by atoms with Crippen molar-refractivity contribution in [2.24, 2.45) is 11.7 Å². The zero-order valence-corrected chi connectivity index (χ0v) is 13.8. The van der Waals surface area contributed by atoms with E-state index in [9.17, 15) is 0 Å². The number of thiophene rings is 1. The van der Waals surface area contributed by atoms with Crippen LogP contribution in [0.5, 0.6) is 0 Å². The molecular formula is C17H22ClNS. The Morgan fingerprint density at radius 1 is 1.25 bits per heavy atom. The molecule has 0 saturated heterocycles. The van der Waals surface area contributed by atoms with Gasteiger partial charge in [-0.15, -0.1) is 11.3 Å². The van der Waals surface area contributed by atoms with Gasteiger partial charge in [0.25, 0.3) is 0 Å². The minimum Gasteiger partial charge on any atom is -0.323 e. The van der Waals surface area contributed by atoms with Gasteiger partial charge in [0.1, 0.15) is 0 Å². The summed E-state index contributed by atoms with van der Waals surface area (Å²) in [7, 11) is 0. The second-order valence-electron chi connectivity index (χ2n) is 5.45. The third-order valence-corrected chi connectivity index (χ3v) is 5.69. The van der Waals surface area contributed by atoms with Crippen LogP contribution in [0.4, 0.5) is 0 Å². The maximum atomic E-state index is 6.58. The van der Waals surface area contributed by atoms with E-state index in [-0.39, 0.29) is 6.04 Å². The Morgan fingerprint density at radius 3 is 2.40 bits per heavy atom. The Balaban J connectivity index is 2.36. The second kappa shape index (κ2) is 6.75. The van der Waals surface area contributed by atoms with Gasteiger partial charge in [-0.25, -0.2) is 0 Å². The van der Waals surface area contributed by atoms with E-state index >= 15 is 0 Å². The minimum atomic E-state index is 0.00329. The molecular weight excluding hydrogens is 286 g/mol. The molecule has 0 saturated carbocycles. The molecule has 0 bridgehead atoms. The SMILES string of the molecule is CCC(C)C(c1ccccc1)C(N)c1cc(C)c(Cl)s1. The summed E-state index contributed by atoms with van der Waals surface area (Å²) in [6.07, 6.45) is 1.12. The number of rotatable bonds is 5. The van der Waals surface area contributed by atoms with Crippen molar-refractivity contribution in [2.45, 2.75) is 39.2 Å². The van der Waals surface area contributed by atoms with Crippen LogP contribution in [-0.2, 0) is 0 Å². The molecule has 0 amide bonds. The van der Waals surface area contributed by atoms with Gasteiger partial charge in [0, 0.05) is 16.8 Å². The fraction of sp³-hybridized carbons (Fsp3) is 0.412. The van der Waals surface area contributed by atoms with Crippen LogP contribution in [0, 0.1) is 12.8 Å². The minimum absolute atomic E-state index is 0.00329. The summed E-state index contributed by atoms with van der Waals surface area (Å²) >= 11 is 7.81. The molecule has 3 unspecified atom stereocenters. The van der Waals surface area contributed by atoms with Gasteiger partial charge >= 0.3 is 0 Å². The summed E-state index contributed by atoms with van der Waals surface area (Å²) in [4.78, 5) is 1.18. The van der Waals surface area contributed by atoms with Gasteiger partial charge in [0.05, 0.1) is 4.34 Å². The lowest BCUT2D eigenvalue weighted by atomic mass is 9.80. The Bertz CT molecular complexity index is 530. The predicted molar refractivity (Wildman–Crippen MR) is 89.6 cm³/mol. The van der Waals surface area contributed by atoms with Gasteiger partial charge < -0.3 is 5.73 Å². The van der Waals surface area contributed by atoms with Crippen LogP contribution in [0.15, 0.2) is 36.4 Å². The first kappa shape index (κ1) is 15.6. The monoisotopic (exact) mass is 307 g/mol. The smallest absolute Gasteiger partial charge is 0.0960 e. The third-order valence-electron chi connectivity index (χ3n) is 4.03. The molecule has 2 N–H and O–H groups in total. The maximum Gasteiger partial charge on any atom is 0.0960 e. The zero-order valence-electron chi connectivity index (χ0n) is 12.3. The lowest BCUT2D eigenvalue weighted by Gasteiger charge is -2.29. The van der Waals surface area contributed by atoms with Crippen LogP contribution < -0.4 is 5.73 Å². The Hall–Kier alpha value is -0.830. The fourth-order valence-electron chi connectivity index (χ4n) is 2.64. The number of nitrogens with two attached hydrogens (primary N) is 1. The lowest BCUT2D eigenvalue weighted by molar-refractivity contribution is 0.391. The molecule has 2 rings (SSSR count). The third kappa shape index (κ3) is 3.25. The Kier molecular flexibility index (Phi) is 5.25. The normalized spacial score (nSPS) is 15.8. The van der Waals surface area contributed by atoms with Crippen molar-refractivity contribution >= 4 is 22.9 Å². The number of halogens is 1. The molecule has 0 radical (unpaired) electrons. The van der Waals surface area contributed by atoms with Crippen LogP contribution in [0.3, 0.4) is 0 Å². The fourth-order valence-corrected chi connectivity index (χ4v) is 3.91. The summed E-state index contributed by atoms with van der Waals surface area (Å²) in [5, 5.41) is 0. The van der Waals surface area contributed by atoms with E-state index in [0.717, 1.165) is 16.3 Å². The molecule has 20 heavy (non-hydrogen) atoms. The highest BCUT2D eigenvalue weighted by atomic mass is 35.5. The summed E-state index contributed by atoms with van der Waals surface area (Å²) in [6.45, 7) is 6.54. The van der Waals surface area contributed by atoms with Gasteiger partial charge in [-0.1, -0.05) is 62.2 Å². The standard InChI is InChI=1S/C17H22ClNS/c1-4-11(2)15(13-8-6-5-7-9-13)16(19)14-10-12(3)17(18)20-14/h5-11,15-16H,4,19H2,1-3H3. The molecule has 1 heterocycles. The second-order valence-corrected chi connectivity index (χ2v) is 7.14. The predicted octanol–water partition coefficient (Wildman–Crippen LogP) is 5.54. The molecule has 108 valence electrons. The van der Waals surface area contributed by atoms with Crippen LogP contribution in [-0.4, -0.2) is 0 Å². The molecule has 0 aliphatic rings. The maximum absolute atomic E-state index is 6.58. The van der Waals surface area contributed by atoms with Crippen LogP contribution >= 0.6 is 22.9 Å².